The van der Waals surface area contributed by atoms with Gasteiger partial charge in [-0.3, -0.25) is 0 Å². The van der Waals surface area contributed by atoms with Gasteiger partial charge in [-0.25, -0.2) is 0 Å². The van der Waals surface area contributed by atoms with Gasteiger partial charge in [0.2, 0.25) is 0 Å². The van der Waals surface area contributed by atoms with Crippen LogP contribution in [0.1, 0.15) is 166 Å². The van der Waals surface area contributed by atoms with Crippen molar-refractivity contribution in [3.63, 3.8) is 0 Å². The second kappa shape index (κ2) is 19.4. The lowest BCUT2D eigenvalue weighted by molar-refractivity contribution is 0.000424. The predicted molar refractivity (Wildman–Crippen MR) is 199 cm³/mol. The van der Waals surface area contributed by atoms with Crippen LogP contribution >= 0.6 is 0 Å². The summed E-state index contributed by atoms with van der Waals surface area (Å²) in [5.74, 6) is 0. The highest BCUT2D eigenvalue weighted by Gasteiger charge is 2.13. The Morgan fingerprint density at radius 2 is 0.545 bits per heavy atom. The molecule has 0 aromatic rings. The summed E-state index contributed by atoms with van der Waals surface area (Å²) in [6, 6.07) is 0. The van der Waals surface area contributed by atoms with Crippen molar-refractivity contribution in [2.45, 2.75) is 188 Å². The lowest BCUT2D eigenvalue weighted by Crippen LogP contribution is -2.32. The quantitative estimate of drug-likeness (QED) is 0.240. The van der Waals surface area contributed by atoms with Crippen LogP contribution < -0.4 is 10.9 Å². The van der Waals surface area contributed by atoms with E-state index in [4.69, 9.17) is 9.68 Å². The van der Waals surface area contributed by atoms with Gasteiger partial charge in [0, 0.05) is 46.8 Å². The van der Waals surface area contributed by atoms with E-state index < -0.39 is 0 Å². The van der Waals surface area contributed by atoms with E-state index in [0.717, 1.165) is 0 Å². The average molecular weight is 627 g/mol. The first-order valence-corrected chi connectivity index (χ1v) is 15.9. The highest BCUT2D eigenvalue weighted by molar-refractivity contribution is 5.64. The number of hydrazone groups is 2. The van der Waals surface area contributed by atoms with Gasteiger partial charge < -0.3 is 20.5 Å². The van der Waals surface area contributed by atoms with E-state index in [1.54, 1.807) is 0 Å². The molecule has 0 amide bonds. The molecule has 2 N–H and O–H groups in total. The van der Waals surface area contributed by atoms with Gasteiger partial charge >= 0.3 is 0 Å². The van der Waals surface area contributed by atoms with Gasteiger partial charge in [-0.2, -0.15) is 10.2 Å². The fraction of sp³-hybridized carbons (Fsp3) is 0.889. The van der Waals surface area contributed by atoms with E-state index >= 15 is 0 Å². The molecule has 0 aliphatic heterocycles. The normalized spacial score (nSPS) is 14.0. The molecule has 0 aromatic heterocycles. The molecule has 0 spiro atoms. The summed E-state index contributed by atoms with van der Waals surface area (Å²) in [5.41, 5.74) is 6.42. The fourth-order valence-corrected chi connectivity index (χ4v) is 1.52. The summed E-state index contributed by atoms with van der Waals surface area (Å²) in [4.78, 5) is 10.3. The molecule has 8 heteroatoms. The lowest BCUT2D eigenvalue weighted by Gasteiger charge is -2.19. The minimum atomic E-state index is -0.179. The molecule has 0 fully saturated rings. The molecule has 0 unspecified atom stereocenters. The number of oxime groups is 2. The summed E-state index contributed by atoms with van der Waals surface area (Å²) in [6.07, 6.45) is 7.49. The summed E-state index contributed by atoms with van der Waals surface area (Å²) < 4.78 is 0. The second-order valence-electron chi connectivity index (χ2n) is 19.6. The van der Waals surface area contributed by atoms with Crippen LogP contribution in [0, 0.1) is 21.7 Å². The maximum absolute atomic E-state index is 5.17. The summed E-state index contributed by atoms with van der Waals surface area (Å²) in [5, 5.41) is 16.1. The van der Waals surface area contributed by atoms with E-state index in [9.17, 15) is 0 Å². The van der Waals surface area contributed by atoms with E-state index in [1.165, 1.54) is 0 Å². The average Bonchev–Trinajstić information content (AvgIpc) is 2.60. The molecule has 0 atom stereocenters. The van der Waals surface area contributed by atoms with Crippen LogP contribution in [0.2, 0.25) is 0 Å². The molecule has 0 aromatic carbocycles. The maximum atomic E-state index is 5.17. The van der Waals surface area contributed by atoms with Gasteiger partial charge in [-0.15, -0.1) is 0 Å². The second-order valence-corrected chi connectivity index (χ2v) is 19.6. The highest BCUT2D eigenvalue weighted by Crippen LogP contribution is 2.13. The number of nitrogens with one attached hydrogen (secondary N) is 2. The van der Waals surface area contributed by atoms with Crippen molar-refractivity contribution in [3.8, 4) is 0 Å². The molecule has 0 rings (SSSR count). The summed E-state index contributed by atoms with van der Waals surface area (Å²) >= 11 is 0. The standard InChI is InChI=1S/2C9H20N2.2C9H19NO/c4*1-8(2,3)7-10-11-9(4,5)6/h2*7,11H,1-6H3;2*7H,1-6H3/b4*10-7+. The van der Waals surface area contributed by atoms with E-state index in [2.05, 4.69) is 156 Å². The lowest BCUT2D eigenvalue weighted by atomic mass is 9.99. The molecule has 0 bridgehead atoms. The van der Waals surface area contributed by atoms with Crippen molar-refractivity contribution < 1.29 is 9.68 Å². The van der Waals surface area contributed by atoms with Crippen molar-refractivity contribution in [2.24, 2.45) is 42.2 Å². The van der Waals surface area contributed by atoms with Crippen molar-refractivity contribution in [1.82, 2.24) is 10.9 Å². The fourth-order valence-electron chi connectivity index (χ4n) is 1.52. The maximum Gasteiger partial charge on any atom is 0.129 e. The van der Waals surface area contributed by atoms with Crippen molar-refractivity contribution in [2.75, 3.05) is 0 Å². The SMILES string of the molecule is CC(C)(C)/C=N/NC(C)(C)C.CC(C)(C)/C=N/NC(C)(C)C.CC(C)(C)/C=N/OC(C)(C)C.CC(C)(C)/C=N/OC(C)(C)C. The van der Waals surface area contributed by atoms with Gasteiger partial charge in [0.1, 0.15) is 11.2 Å². The topological polar surface area (TPSA) is 92.0 Å². The molecular formula is C36H78N6O2. The molecular weight excluding hydrogens is 548 g/mol. The van der Waals surface area contributed by atoms with E-state index in [1.807, 2.05) is 66.4 Å². The predicted octanol–water partition coefficient (Wildman–Crippen LogP) is 10.5. The third-order valence-corrected chi connectivity index (χ3v) is 3.24. The Bertz CT molecular complexity index is 689. The van der Waals surface area contributed by atoms with Crippen molar-refractivity contribution in [3.05, 3.63) is 0 Å². The van der Waals surface area contributed by atoms with Crippen LogP contribution in [0.3, 0.4) is 0 Å². The third-order valence-electron chi connectivity index (χ3n) is 3.24. The molecule has 0 radical (unpaired) electrons. The third kappa shape index (κ3) is 67.5. The van der Waals surface area contributed by atoms with Crippen LogP contribution in [0.15, 0.2) is 20.5 Å². The number of hydrogen-bond acceptors (Lipinski definition) is 8. The minimum absolute atomic E-state index is 0.0712. The van der Waals surface area contributed by atoms with Gasteiger partial charge in [0.15, 0.2) is 0 Å². The number of rotatable bonds is 4. The zero-order valence-corrected chi connectivity index (χ0v) is 33.9. The number of hydrogen-bond donors (Lipinski definition) is 2. The van der Waals surface area contributed by atoms with Crippen molar-refractivity contribution in [1.29, 1.82) is 0 Å². The van der Waals surface area contributed by atoms with Gasteiger partial charge in [0.05, 0.1) is 0 Å². The molecule has 0 saturated heterocycles. The summed E-state index contributed by atoms with van der Waals surface area (Å²) in [7, 11) is 0. The molecule has 0 saturated carbocycles. The Morgan fingerprint density at radius 3 is 0.682 bits per heavy atom. The van der Waals surface area contributed by atoms with Crippen LogP contribution in [0.25, 0.3) is 0 Å². The molecule has 264 valence electrons. The van der Waals surface area contributed by atoms with E-state index in [0.29, 0.717) is 0 Å². The minimum Gasteiger partial charge on any atom is -0.390 e. The molecule has 0 heterocycles. The molecule has 0 aliphatic rings. The highest BCUT2D eigenvalue weighted by atomic mass is 16.6. The van der Waals surface area contributed by atoms with Gasteiger partial charge in [0.25, 0.3) is 0 Å². The monoisotopic (exact) mass is 627 g/mol. The van der Waals surface area contributed by atoms with Gasteiger partial charge in [-0.1, -0.05) is 93.4 Å². The van der Waals surface area contributed by atoms with Crippen molar-refractivity contribution >= 4 is 24.9 Å². The first kappa shape index (κ1) is 48.8. The first-order valence-electron chi connectivity index (χ1n) is 15.9. The Labute approximate surface area is 275 Å². The Morgan fingerprint density at radius 1 is 0.341 bits per heavy atom. The largest absolute Gasteiger partial charge is 0.390 e. The van der Waals surface area contributed by atoms with Crippen LogP contribution in [-0.2, 0) is 9.68 Å². The Balaban J connectivity index is -0.000000242. The van der Waals surface area contributed by atoms with Gasteiger partial charge in [-0.05, 0) is 93.9 Å². The Hall–Kier alpha value is -2.12. The first-order chi connectivity index (χ1) is 18.8. The van der Waals surface area contributed by atoms with E-state index in [-0.39, 0.29) is 43.9 Å². The number of nitrogens with zero attached hydrogens (tertiary/aromatic N) is 4. The molecule has 0 aliphatic carbocycles. The summed E-state index contributed by atoms with van der Waals surface area (Å²) in [6.45, 7) is 49.7. The zero-order chi connectivity index (χ0) is 36.5. The van der Waals surface area contributed by atoms with Crippen LogP contribution in [0.4, 0.5) is 0 Å². The smallest absolute Gasteiger partial charge is 0.129 e. The molecule has 8 nitrogen and oxygen atoms in total. The Kier molecular flexibility index (Phi) is 21.5. The molecule has 44 heavy (non-hydrogen) atoms. The zero-order valence-electron chi connectivity index (χ0n) is 33.9. The van der Waals surface area contributed by atoms with Crippen LogP contribution in [-0.4, -0.2) is 47.1 Å². The van der Waals surface area contributed by atoms with Crippen LogP contribution in [0.5, 0.6) is 0 Å².